The fourth-order valence-electron chi connectivity index (χ4n) is 2.08. The van der Waals surface area contributed by atoms with Gasteiger partial charge in [0.25, 0.3) is 0 Å². The maximum Gasteiger partial charge on any atom is 0.137 e. The molecule has 0 aromatic carbocycles. The van der Waals surface area contributed by atoms with Crippen molar-refractivity contribution in [2.24, 2.45) is 0 Å². The SMILES string of the molecule is CCc1ccc(CN(C)C[C@H](C)n2cncn2)nc1. The molecule has 0 saturated carbocycles. The lowest BCUT2D eigenvalue weighted by molar-refractivity contribution is 0.266. The minimum atomic E-state index is 0.308. The molecule has 0 amide bonds. The Morgan fingerprint density at radius 2 is 2.21 bits per heavy atom. The molecule has 0 radical (unpaired) electrons. The number of pyridine rings is 1. The molecule has 0 saturated heterocycles. The van der Waals surface area contributed by atoms with Crippen molar-refractivity contribution < 1.29 is 0 Å². The van der Waals surface area contributed by atoms with Gasteiger partial charge in [-0.1, -0.05) is 13.0 Å². The topological polar surface area (TPSA) is 46.8 Å². The Bertz CT molecular complexity index is 477. The minimum absolute atomic E-state index is 0.308. The van der Waals surface area contributed by atoms with Crippen molar-refractivity contribution in [3.8, 4) is 0 Å². The molecule has 0 unspecified atom stereocenters. The summed E-state index contributed by atoms with van der Waals surface area (Å²) in [6.45, 7) is 6.05. The number of likely N-dealkylation sites (N-methyl/N-ethyl adjacent to an activating group) is 1. The first-order valence-electron chi connectivity index (χ1n) is 6.65. The normalized spacial score (nSPS) is 12.8. The van der Waals surface area contributed by atoms with Gasteiger partial charge in [0, 0.05) is 19.3 Å². The zero-order valence-corrected chi connectivity index (χ0v) is 11.8. The van der Waals surface area contributed by atoms with E-state index in [9.17, 15) is 0 Å². The predicted molar refractivity (Wildman–Crippen MR) is 74.7 cm³/mol. The van der Waals surface area contributed by atoms with E-state index in [4.69, 9.17) is 0 Å². The molecule has 2 aromatic heterocycles. The zero-order valence-electron chi connectivity index (χ0n) is 11.8. The second-order valence-electron chi connectivity index (χ2n) is 4.93. The van der Waals surface area contributed by atoms with Gasteiger partial charge in [0.05, 0.1) is 11.7 Å². The van der Waals surface area contributed by atoms with Crippen molar-refractivity contribution in [1.82, 2.24) is 24.6 Å². The van der Waals surface area contributed by atoms with Gasteiger partial charge < -0.3 is 0 Å². The summed E-state index contributed by atoms with van der Waals surface area (Å²) >= 11 is 0. The van der Waals surface area contributed by atoms with E-state index in [0.717, 1.165) is 25.2 Å². The van der Waals surface area contributed by atoms with Gasteiger partial charge in [-0.15, -0.1) is 0 Å². The molecule has 0 aliphatic heterocycles. The summed E-state index contributed by atoms with van der Waals surface area (Å²) in [7, 11) is 2.10. The molecule has 0 aliphatic rings. The Morgan fingerprint density at radius 3 is 2.79 bits per heavy atom. The van der Waals surface area contributed by atoms with Gasteiger partial charge in [0.2, 0.25) is 0 Å². The van der Waals surface area contributed by atoms with E-state index in [2.05, 4.69) is 53.0 Å². The molecule has 19 heavy (non-hydrogen) atoms. The second kappa shape index (κ2) is 6.43. The van der Waals surface area contributed by atoms with Gasteiger partial charge in [0.15, 0.2) is 0 Å². The molecule has 5 heteroatoms. The highest BCUT2D eigenvalue weighted by Crippen LogP contribution is 2.08. The lowest BCUT2D eigenvalue weighted by Crippen LogP contribution is -2.26. The van der Waals surface area contributed by atoms with E-state index in [1.54, 1.807) is 12.7 Å². The van der Waals surface area contributed by atoms with Crippen molar-refractivity contribution in [2.75, 3.05) is 13.6 Å². The molecule has 0 N–H and O–H groups in total. The molecule has 0 spiro atoms. The predicted octanol–water partition coefficient (Wildman–Crippen LogP) is 1.93. The lowest BCUT2D eigenvalue weighted by Gasteiger charge is -2.20. The Hall–Kier alpha value is -1.75. The van der Waals surface area contributed by atoms with Crippen molar-refractivity contribution in [3.05, 3.63) is 42.2 Å². The molecule has 2 rings (SSSR count). The monoisotopic (exact) mass is 259 g/mol. The van der Waals surface area contributed by atoms with Crippen LogP contribution in [0.1, 0.15) is 31.1 Å². The van der Waals surface area contributed by atoms with Crippen molar-refractivity contribution in [3.63, 3.8) is 0 Å². The van der Waals surface area contributed by atoms with E-state index in [1.165, 1.54) is 5.56 Å². The van der Waals surface area contributed by atoms with Crippen LogP contribution in [0.2, 0.25) is 0 Å². The van der Waals surface area contributed by atoms with Crippen LogP contribution >= 0.6 is 0 Å². The second-order valence-corrected chi connectivity index (χ2v) is 4.93. The van der Waals surface area contributed by atoms with E-state index in [-0.39, 0.29) is 0 Å². The molecule has 0 bridgehead atoms. The first-order chi connectivity index (χ1) is 9.19. The van der Waals surface area contributed by atoms with Gasteiger partial charge in [0.1, 0.15) is 12.7 Å². The van der Waals surface area contributed by atoms with Crippen LogP contribution in [0.5, 0.6) is 0 Å². The Morgan fingerprint density at radius 1 is 1.37 bits per heavy atom. The summed E-state index contributed by atoms with van der Waals surface area (Å²) in [5.74, 6) is 0. The Kier molecular flexibility index (Phi) is 4.63. The number of aryl methyl sites for hydroxylation is 1. The standard InChI is InChI=1S/C14H21N5/c1-4-13-5-6-14(16-7-13)9-18(3)8-12(2)19-11-15-10-17-19/h5-7,10-12H,4,8-9H2,1-3H3/t12-/m0/s1. The van der Waals surface area contributed by atoms with Crippen LogP contribution in [0.3, 0.4) is 0 Å². The summed E-state index contributed by atoms with van der Waals surface area (Å²) in [6, 6.07) is 4.56. The van der Waals surface area contributed by atoms with E-state index in [1.807, 2.05) is 10.9 Å². The van der Waals surface area contributed by atoms with Crippen LogP contribution in [0, 0.1) is 0 Å². The average molecular weight is 259 g/mol. The molecule has 0 fully saturated rings. The highest BCUT2D eigenvalue weighted by atomic mass is 15.3. The highest BCUT2D eigenvalue weighted by Gasteiger charge is 2.09. The third-order valence-corrected chi connectivity index (χ3v) is 3.19. The van der Waals surface area contributed by atoms with Crippen LogP contribution in [0.25, 0.3) is 0 Å². The number of hydrogen-bond acceptors (Lipinski definition) is 4. The third kappa shape index (κ3) is 3.86. The van der Waals surface area contributed by atoms with Gasteiger partial charge in [-0.25, -0.2) is 9.67 Å². The maximum absolute atomic E-state index is 4.48. The van der Waals surface area contributed by atoms with Crippen LogP contribution in [0.15, 0.2) is 31.0 Å². The van der Waals surface area contributed by atoms with Crippen molar-refractivity contribution >= 4 is 0 Å². The number of rotatable bonds is 6. The number of nitrogens with zero attached hydrogens (tertiary/aromatic N) is 5. The molecule has 0 aliphatic carbocycles. The molecule has 5 nitrogen and oxygen atoms in total. The summed E-state index contributed by atoms with van der Waals surface area (Å²) in [4.78, 5) is 10.7. The summed E-state index contributed by atoms with van der Waals surface area (Å²) in [5.41, 5.74) is 2.38. The smallest absolute Gasteiger partial charge is 0.137 e. The van der Waals surface area contributed by atoms with E-state index >= 15 is 0 Å². The fourth-order valence-corrected chi connectivity index (χ4v) is 2.08. The van der Waals surface area contributed by atoms with Gasteiger partial charge >= 0.3 is 0 Å². The molecule has 2 aromatic rings. The van der Waals surface area contributed by atoms with Crippen LogP contribution in [0.4, 0.5) is 0 Å². The maximum atomic E-state index is 4.48. The van der Waals surface area contributed by atoms with Crippen molar-refractivity contribution in [1.29, 1.82) is 0 Å². The molecule has 102 valence electrons. The van der Waals surface area contributed by atoms with Crippen LogP contribution in [-0.2, 0) is 13.0 Å². The Balaban J connectivity index is 1.88. The zero-order chi connectivity index (χ0) is 13.7. The Labute approximate surface area is 114 Å². The van der Waals surface area contributed by atoms with Crippen LogP contribution < -0.4 is 0 Å². The van der Waals surface area contributed by atoms with Crippen molar-refractivity contribution in [2.45, 2.75) is 32.9 Å². The summed E-state index contributed by atoms with van der Waals surface area (Å²) in [6.07, 6.45) is 6.32. The lowest BCUT2D eigenvalue weighted by atomic mass is 10.2. The van der Waals surface area contributed by atoms with E-state index in [0.29, 0.717) is 6.04 Å². The summed E-state index contributed by atoms with van der Waals surface area (Å²) < 4.78 is 1.88. The third-order valence-electron chi connectivity index (χ3n) is 3.19. The van der Waals surface area contributed by atoms with Gasteiger partial charge in [-0.05, 0) is 32.0 Å². The first kappa shape index (κ1) is 13.7. The first-order valence-corrected chi connectivity index (χ1v) is 6.65. The quantitative estimate of drug-likeness (QED) is 0.795. The van der Waals surface area contributed by atoms with Crippen LogP contribution in [-0.4, -0.2) is 38.2 Å². The van der Waals surface area contributed by atoms with Gasteiger partial charge in [-0.2, -0.15) is 5.10 Å². The number of hydrogen-bond donors (Lipinski definition) is 0. The molecule has 1 atom stereocenters. The highest BCUT2D eigenvalue weighted by molar-refractivity contribution is 5.13. The average Bonchev–Trinajstić information content (AvgIpc) is 2.93. The van der Waals surface area contributed by atoms with E-state index < -0.39 is 0 Å². The largest absolute Gasteiger partial charge is 0.298 e. The van der Waals surface area contributed by atoms with Gasteiger partial charge in [-0.3, -0.25) is 9.88 Å². The molecule has 2 heterocycles. The summed E-state index contributed by atoms with van der Waals surface area (Å²) in [5, 5.41) is 4.16. The fraction of sp³-hybridized carbons (Fsp3) is 0.500. The number of aromatic nitrogens is 4. The molecular formula is C14H21N5. The molecular weight excluding hydrogens is 238 g/mol. The minimum Gasteiger partial charge on any atom is -0.298 e.